The van der Waals surface area contributed by atoms with Crippen LogP contribution in [0.1, 0.15) is 23.6 Å². The van der Waals surface area contributed by atoms with Gasteiger partial charge in [-0.15, -0.1) is 0 Å². The number of benzene rings is 2. The summed E-state index contributed by atoms with van der Waals surface area (Å²) in [6.07, 6.45) is 2.90. The Balaban J connectivity index is 1.66. The zero-order chi connectivity index (χ0) is 25.7. The third-order valence-corrected chi connectivity index (χ3v) is 5.48. The van der Waals surface area contributed by atoms with Crippen LogP contribution in [0.4, 0.5) is 17.2 Å². The first kappa shape index (κ1) is 24.3. The minimum absolute atomic E-state index is 0.0116. The number of carbonyl (C=O) groups excluding carboxylic acids is 2. The molecule has 10 heteroatoms. The van der Waals surface area contributed by atoms with E-state index in [0.717, 1.165) is 10.1 Å². The van der Waals surface area contributed by atoms with Crippen molar-refractivity contribution < 1.29 is 14.0 Å². The molecule has 0 radical (unpaired) electrons. The molecule has 0 unspecified atom stereocenters. The molecule has 2 heterocycles. The van der Waals surface area contributed by atoms with Crippen molar-refractivity contribution in [2.45, 2.75) is 26.4 Å². The van der Waals surface area contributed by atoms with Gasteiger partial charge in [-0.3, -0.25) is 23.5 Å². The molecule has 36 heavy (non-hydrogen) atoms. The summed E-state index contributed by atoms with van der Waals surface area (Å²) in [5.74, 6) is -0.830. The quantitative estimate of drug-likeness (QED) is 0.349. The first-order valence-corrected chi connectivity index (χ1v) is 11.2. The Morgan fingerprint density at radius 3 is 2.19 bits per heavy atom. The highest BCUT2D eigenvalue weighted by molar-refractivity contribution is 5.94. The van der Waals surface area contributed by atoms with E-state index in [2.05, 4.69) is 10.6 Å². The number of furan rings is 1. The summed E-state index contributed by atoms with van der Waals surface area (Å²) in [6.45, 7) is 1.48. The lowest BCUT2D eigenvalue weighted by atomic mass is 10.1. The Bertz CT molecular complexity index is 1490. The van der Waals surface area contributed by atoms with Crippen LogP contribution < -0.4 is 27.6 Å². The number of amides is 2. The van der Waals surface area contributed by atoms with E-state index >= 15 is 0 Å². The minimum atomic E-state index is -0.695. The number of anilines is 3. The molecule has 10 nitrogen and oxygen atoms in total. The lowest BCUT2D eigenvalue weighted by Gasteiger charge is -2.17. The Morgan fingerprint density at radius 2 is 1.56 bits per heavy atom. The topological polar surface area (TPSA) is 141 Å². The summed E-state index contributed by atoms with van der Waals surface area (Å²) < 4.78 is 7.36. The van der Waals surface area contributed by atoms with Gasteiger partial charge >= 0.3 is 5.69 Å². The molecule has 0 spiro atoms. The fourth-order valence-corrected chi connectivity index (χ4v) is 3.73. The van der Waals surface area contributed by atoms with Crippen molar-refractivity contribution in [3.8, 4) is 0 Å². The summed E-state index contributed by atoms with van der Waals surface area (Å²) in [5.41, 5.74) is 7.45. The van der Waals surface area contributed by atoms with E-state index in [1.165, 1.54) is 24.0 Å². The number of nitrogens with two attached hydrogens (primary N) is 1. The van der Waals surface area contributed by atoms with Gasteiger partial charge in [-0.2, -0.15) is 0 Å². The average Bonchev–Trinajstić information content (AvgIpc) is 3.37. The second kappa shape index (κ2) is 10.6. The fraction of sp³-hybridized carbons (Fsp3) is 0.154. The van der Waals surface area contributed by atoms with Gasteiger partial charge in [0.05, 0.1) is 32.0 Å². The summed E-state index contributed by atoms with van der Waals surface area (Å²) >= 11 is 0. The minimum Gasteiger partial charge on any atom is -0.472 e. The second-order valence-electron chi connectivity index (χ2n) is 8.24. The number of aromatic nitrogens is 2. The Kier molecular flexibility index (Phi) is 7.15. The monoisotopic (exact) mass is 487 g/mol. The van der Waals surface area contributed by atoms with E-state index in [1.807, 2.05) is 18.2 Å². The fourth-order valence-electron chi connectivity index (χ4n) is 3.73. The molecule has 0 fully saturated rings. The zero-order valence-electron chi connectivity index (χ0n) is 19.6. The summed E-state index contributed by atoms with van der Waals surface area (Å²) in [7, 11) is 0. The molecule has 0 saturated heterocycles. The molecule has 184 valence electrons. The third kappa shape index (κ3) is 5.61. The van der Waals surface area contributed by atoms with Crippen LogP contribution in [0.2, 0.25) is 0 Å². The lowest BCUT2D eigenvalue weighted by molar-refractivity contribution is -0.116. The molecule has 4 rings (SSSR count). The third-order valence-electron chi connectivity index (χ3n) is 5.48. The van der Waals surface area contributed by atoms with Crippen LogP contribution in [0.5, 0.6) is 0 Å². The van der Waals surface area contributed by atoms with Crippen molar-refractivity contribution >= 4 is 29.0 Å². The van der Waals surface area contributed by atoms with Gasteiger partial charge in [0.2, 0.25) is 11.8 Å². The number of nitrogens with one attached hydrogen (secondary N) is 2. The number of hydrogen-bond acceptors (Lipinski definition) is 6. The summed E-state index contributed by atoms with van der Waals surface area (Å²) in [6, 6.07) is 17.5. The predicted molar refractivity (Wildman–Crippen MR) is 136 cm³/mol. The van der Waals surface area contributed by atoms with Gasteiger partial charge < -0.3 is 20.8 Å². The molecule has 4 N–H and O–H groups in total. The molecule has 0 aliphatic rings. The molecule has 2 aromatic carbocycles. The van der Waals surface area contributed by atoms with E-state index in [0.29, 0.717) is 16.8 Å². The maximum absolute atomic E-state index is 13.3. The first-order chi connectivity index (χ1) is 17.3. The first-order valence-electron chi connectivity index (χ1n) is 11.2. The molecule has 2 aromatic heterocycles. The van der Waals surface area contributed by atoms with Crippen molar-refractivity contribution in [1.82, 2.24) is 9.13 Å². The van der Waals surface area contributed by atoms with E-state index in [1.54, 1.807) is 42.5 Å². The van der Waals surface area contributed by atoms with Crippen molar-refractivity contribution in [3.63, 3.8) is 0 Å². The van der Waals surface area contributed by atoms with Gasteiger partial charge in [0.25, 0.3) is 5.56 Å². The van der Waals surface area contributed by atoms with Gasteiger partial charge in [0.1, 0.15) is 11.5 Å². The van der Waals surface area contributed by atoms with E-state index in [9.17, 15) is 19.2 Å². The van der Waals surface area contributed by atoms with Crippen LogP contribution in [0.3, 0.4) is 0 Å². The Morgan fingerprint density at radius 1 is 0.861 bits per heavy atom. The number of hydrogen-bond donors (Lipinski definition) is 3. The molecular formula is C26H25N5O5. The highest BCUT2D eigenvalue weighted by Gasteiger charge is 2.20. The van der Waals surface area contributed by atoms with Crippen molar-refractivity contribution in [2.24, 2.45) is 0 Å². The average molecular weight is 488 g/mol. The molecule has 0 bridgehead atoms. The van der Waals surface area contributed by atoms with Crippen LogP contribution in [0.25, 0.3) is 0 Å². The van der Waals surface area contributed by atoms with Crippen LogP contribution in [-0.2, 0) is 29.1 Å². The van der Waals surface area contributed by atoms with Crippen LogP contribution >= 0.6 is 0 Å². The maximum Gasteiger partial charge on any atom is 0.333 e. The smallest absolute Gasteiger partial charge is 0.333 e. The van der Waals surface area contributed by atoms with Crippen LogP contribution in [0.15, 0.2) is 87.2 Å². The molecule has 2 amide bonds. The van der Waals surface area contributed by atoms with Crippen LogP contribution in [0, 0.1) is 0 Å². The number of rotatable bonds is 8. The van der Waals surface area contributed by atoms with Gasteiger partial charge in [0, 0.05) is 18.2 Å². The highest BCUT2D eigenvalue weighted by atomic mass is 16.3. The SMILES string of the molecule is CC(=O)Nc1ccc(CC(=O)Nc2c(N)n(Cc3ccoc3)c(=O)n(Cc3ccccc3)c2=O)cc1. The molecule has 4 aromatic rings. The lowest BCUT2D eigenvalue weighted by Crippen LogP contribution is -2.43. The number of nitrogen functional groups attached to an aromatic ring is 1. The molecule has 0 saturated carbocycles. The molecule has 0 aliphatic carbocycles. The summed E-state index contributed by atoms with van der Waals surface area (Å²) in [4.78, 5) is 50.6. The van der Waals surface area contributed by atoms with Crippen molar-refractivity contribution in [3.05, 3.63) is 111 Å². The maximum atomic E-state index is 13.3. The van der Waals surface area contributed by atoms with E-state index in [4.69, 9.17) is 10.2 Å². The molecule has 0 aliphatic heterocycles. The molecule has 0 atom stereocenters. The number of nitrogens with zero attached hydrogens (tertiary/aromatic N) is 2. The zero-order valence-corrected chi connectivity index (χ0v) is 19.6. The predicted octanol–water partition coefficient (Wildman–Crippen LogP) is 2.42. The van der Waals surface area contributed by atoms with Gasteiger partial charge in [-0.1, -0.05) is 42.5 Å². The van der Waals surface area contributed by atoms with Gasteiger partial charge in [-0.25, -0.2) is 4.79 Å². The Labute approximate surface area is 206 Å². The van der Waals surface area contributed by atoms with Crippen molar-refractivity contribution in [1.29, 1.82) is 0 Å². The number of carbonyl (C=O) groups is 2. The summed E-state index contributed by atoms with van der Waals surface area (Å²) in [5, 5.41) is 5.25. The second-order valence-corrected chi connectivity index (χ2v) is 8.24. The Hall–Kier alpha value is -4.86. The molecular weight excluding hydrogens is 462 g/mol. The van der Waals surface area contributed by atoms with Gasteiger partial charge in [0.15, 0.2) is 0 Å². The van der Waals surface area contributed by atoms with Gasteiger partial charge in [-0.05, 0) is 29.3 Å². The standard InChI is InChI=1S/C26H25N5O5/c1-17(32)28-21-9-7-18(8-10-21)13-22(33)29-23-24(27)30(15-20-11-12-36-16-20)26(35)31(25(23)34)14-19-5-3-2-4-6-19/h2-12,16H,13-15,27H2,1H3,(H,28,32)(H,29,33). The normalized spacial score (nSPS) is 10.7. The highest BCUT2D eigenvalue weighted by Crippen LogP contribution is 2.16. The van der Waals surface area contributed by atoms with E-state index in [-0.39, 0.29) is 36.9 Å². The largest absolute Gasteiger partial charge is 0.472 e. The van der Waals surface area contributed by atoms with Crippen molar-refractivity contribution in [2.75, 3.05) is 16.4 Å². The van der Waals surface area contributed by atoms with E-state index < -0.39 is 17.2 Å². The van der Waals surface area contributed by atoms with Crippen LogP contribution in [-0.4, -0.2) is 20.9 Å².